The molecule has 0 bridgehead atoms. The fourth-order valence-corrected chi connectivity index (χ4v) is 7.85. The molecule has 12 heteroatoms. The number of aromatic nitrogens is 4. The smallest absolute Gasteiger partial charge is 0.230 e. The summed E-state index contributed by atoms with van der Waals surface area (Å²) in [5, 5.41) is 29.6. The van der Waals surface area contributed by atoms with Gasteiger partial charge in [-0.25, -0.2) is 0 Å². The largest absolute Gasteiger partial charge is 0.399 e. The van der Waals surface area contributed by atoms with Crippen LogP contribution in [0.1, 0.15) is 83.0 Å². The molecule has 43 heavy (non-hydrogen) atoms. The van der Waals surface area contributed by atoms with Gasteiger partial charge in [-0.15, -0.1) is 20.4 Å². The number of hydrogen-bond acceptors (Lipinski definition) is 10. The molecule has 2 amide bonds. The zero-order chi connectivity index (χ0) is 29.6. The molecule has 0 spiro atoms. The number of carbonyl (C=O) groups excluding carboxylic acids is 2. The Kier molecular flexibility index (Phi) is 9.35. The monoisotopic (exact) mass is 616 g/mol. The molecule has 224 valence electrons. The Labute approximate surface area is 258 Å². The second-order valence-electron chi connectivity index (χ2n) is 11.4. The van der Waals surface area contributed by atoms with E-state index in [0.717, 1.165) is 59.9 Å². The van der Waals surface area contributed by atoms with E-state index in [-0.39, 0.29) is 30.1 Å². The second kappa shape index (κ2) is 13.7. The van der Waals surface area contributed by atoms with Gasteiger partial charge in [0.1, 0.15) is 10.0 Å². The minimum Gasteiger partial charge on any atom is -0.399 e. The number of amides is 2. The van der Waals surface area contributed by atoms with Crippen molar-refractivity contribution >= 4 is 50.4 Å². The zero-order valence-corrected chi connectivity index (χ0v) is 25.6. The van der Waals surface area contributed by atoms with Gasteiger partial charge in [-0.05, 0) is 73.4 Å². The molecule has 5 N–H and O–H groups in total. The topological polar surface area (TPSA) is 148 Å². The zero-order valence-electron chi connectivity index (χ0n) is 23.9. The van der Waals surface area contributed by atoms with Gasteiger partial charge < -0.3 is 21.7 Å². The highest BCUT2D eigenvalue weighted by atomic mass is 32.1. The summed E-state index contributed by atoms with van der Waals surface area (Å²) in [6.45, 7) is 2.08. The lowest BCUT2D eigenvalue weighted by Gasteiger charge is -2.25. The third-order valence-electron chi connectivity index (χ3n) is 8.15. The standard InChI is InChI=1S/C31H36N8O2S2/c32-25-11-2-6-20(14-25)16-27(41)35-31-39-37-29(43-31)23-9-3-8-22(17-23)28-36-38-30(42-28)34-26(40)15-19-5-1-7-21(13-19)24-10-4-12-33-18-24/h1-2,5-7,11,13-14,22-24,33H,3-4,8-10,12,15-18,32H2,(H,34,38,40)(H,35,39,41)/t22-,23-,24?/m0/s1. The number of hydrogen-bond donors (Lipinski definition) is 4. The summed E-state index contributed by atoms with van der Waals surface area (Å²) in [6.07, 6.45) is 6.86. The van der Waals surface area contributed by atoms with E-state index >= 15 is 0 Å². The van der Waals surface area contributed by atoms with E-state index < -0.39 is 0 Å². The quantitative estimate of drug-likeness (QED) is 0.187. The fraction of sp³-hybridized carbons (Fsp3) is 0.419. The number of rotatable bonds is 9. The minimum absolute atomic E-state index is 0.0812. The van der Waals surface area contributed by atoms with Gasteiger partial charge in [-0.3, -0.25) is 9.59 Å². The molecular weight excluding hydrogens is 581 g/mol. The van der Waals surface area contributed by atoms with E-state index in [1.165, 1.54) is 41.1 Å². The van der Waals surface area contributed by atoms with Crippen LogP contribution in [0.2, 0.25) is 0 Å². The lowest BCUT2D eigenvalue weighted by Crippen LogP contribution is -2.28. The molecule has 2 aromatic heterocycles. The van der Waals surface area contributed by atoms with Crippen molar-refractivity contribution in [3.05, 3.63) is 75.2 Å². The summed E-state index contributed by atoms with van der Waals surface area (Å²) in [5.41, 5.74) is 9.62. The van der Waals surface area contributed by atoms with Gasteiger partial charge in [-0.1, -0.05) is 65.5 Å². The van der Waals surface area contributed by atoms with Gasteiger partial charge >= 0.3 is 0 Å². The van der Waals surface area contributed by atoms with Crippen LogP contribution >= 0.6 is 22.7 Å². The van der Waals surface area contributed by atoms with E-state index in [9.17, 15) is 9.59 Å². The van der Waals surface area contributed by atoms with Gasteiger partial charge in [0.05, 0.1) is 12.8 Å². The molecule has 1 saturated heterocycles. The third kappa shape index (κ3) is 7.81. The molecule has 2 aromatic carbocycles. The molecule has 1 aliphatic carbocycles. The molecule has 1 aliphatic heterocycles. The van der Waals surface area contributed by atoms with Crippen molar-refractivity contribution in [1.82, 2.24) is 25.7 Å². The van der Waals surface area contributed by atoms with Gasteiger partial charge in [-0.2, -0.15) is 0 Å². The normalized spacial score (nSPS) is 20.4. The molecule has 4 aromatic rings. The van der Waals surface area contributed by atoms with Crippen molar-refractivity contribution in [2.45, 2.75) is 69.1 Å². The van der Waals surface area contributed by atoms with Crippen LogP contribution in [0.3, 0.4) is 0 Å². The Balaban J connectivity index is 1.01. The summed E-state index contributed by atoms with van der Waals surface area (Å²) in [7, 11) is 0. The van der Waals surface area contributed by atoms with Crippen LogP contribution in [-0.2, 0) is 22.4 Å². The first-order valence-corrected chi connectivity index (χ1v) is 16.5. The molecule has 0 radical (unpaired) electrons. The summed E-state index contributed by atoms with van der Waals surface area (Å²) in [5.74, 6) is 0.764. The van der Waals surface area contributed by atoms with E-state index in [0.29, 0.717) is 28.3 Å². The predicted octanol–water partition coefficient (Wildman–Crippen LogP) is 5.24. The summed E-state index contributed by atoms with van der Waals surface area (Å²) in [6, 6.07) is 15.7. The van der Waals surface area contributed by atoms with E-state index in [1.54, 1.807) is 12.1 Å². The molecule has 2 fully saturated rings. The Morgan fingerprint density at radius 2 is 1.40 bits per heavy atom. The Morgan fingerprint density at radius 1 is 0.791 bits per heavy atom. The van der Waals surface area contributed by atoms with Crippen molar-refractivity contribution in [1.29, 1.82) is 0 Å². The van der Waals surface area contributed by atoms with Crippen molar-refractivity contribution in [3.8, 4) is 0 Å². The highest BCUT2D eigenvalue weighted by molar-refractivity contribution is 7.15. The highest BCUT2D eigenvalue weighted by Gasteiger charge is 2.29. The Morgan fingerprint density at radius 3 is 2.00 bits per heavy atom. The molecule has 3 heterocycles. The number of benzene rings is 2. The number of nitrogen functional groups attached to an aromatic ring is 1. The number of carbonyl (C=O) groups is 2. The SMILES string of the molecule is Nc1cccc(CC(=O)Nc2nnc([C@H]3CCC[C@H](c4nnc(NC(=O)Cc5cccc(C6CCCNC6)c5)s4)C3)s2)c1. The van der Waals surface area contributed by atoms with Crippen LogP contribution in [0.5, 0.6) is 0 Å². The number of piperidine rings is 1. The molecule has 10 nitrogen and oxygen atoms in total. The number of nitrogens with one attached hydrogen (secondary N) is 3. The van der Waals surface area contributed by atoms with Crippen LogP contribution in [-0.4, -0.2) is 45.3 Å². The maximum Gasteiger partial charge on any atom is 0.230 e. The molecule has 2 aliphatic rings. The Bertz CT molecular complexity index is 1560. The molecule has 6 rings (SSSR count). The third-order valence-corrected chi connectivity index (χ3v) is 10.1. The lowest BCUT2D eigenvalue weighted by molar-refractivity contribution is -0.116. The minimum atomic E-state index is -0.146. The van der Waals surface area contributed by atoms with Crippen LogP contribution in [0.15, 0.2) is 48.5 Å². The van der Waals surface area contributed by atoms with Crippen molar-refractivity contribution in [2.24, 2.45) is 0 Å². The second-order valence-corrected chi connectivity index (χ2v) is 13.5. The average molecular weight is 617 g/mol. The average Bonchev–Trinajstić information content (AvgIpc) is 3.68. The van der Waals surface area contributed by atoms with Crippen molar-refractivity contribution in [2.75, 3.05) is 29.5 Å². The van der Waals surface area contributed by atoms with Gasteiger partial charge in [0.25, 0.3) is 0 Å². The molecule has 1 saturated carbocycles. The molecule has 1 unspecified atom stereocenters. The van der Waals surface area contributed by atoms with Crippen molar-refractivity contribution < 1.29 is 9.59 Å². The molecule has 3 atom stereocenters. The van der Waals surface area contributed by atoms with E-state index in [1.807, 2.05) is 24.3 Å². The fourth-order valence-electron chi connectivity index (χ4n) is 6.03. The van der Waals surface area contributed by atoms with Crippen LogP contribution in [0.25, 0.3) is 0 Å². The van der Waals surface area contributed by atoms with Crippen LogP contribution in [0.4, 0.5) is 16.0 Å². The van der Waals surface area contributed by atoms with Crippen LogP contribution < -0.4 is 21.7 Å². The summed E-state index contributed by atoms with van der Waals surface area (Å²) < 4.78 is 0. The number of anilines is 3. The maximum atomic E-state index is 12.9. The number of nitrogens with two attached hydrogens (primary N) is 1. The van der Waals surface area contributed by atoms with Gasteiger partial charge in [0.2, 0.25) is 22.1 Å². The highest BCUT2D eigenvalue weighted by Crippen LogP contribution is 2.43. The van der Waals surface area contributed by atoms with Crippen LogP contribution in [0, 0.1) is 0 Å². The van der Waals surface area contributed by atoms with Gasteiger partial charge in [0, 0.05) is 24.1 Å². The van der Waals surface area contributed by atoms with E-state index in [4.69, 9.17) is 5.73 Å². The number of nitrogens with zero attached hydrogens (tertiary/aromatic N) is 4. The summed E-state index contributed by atoms with van der Waals surface area (Å²) >= 11 is 2.89. The van der Waals surface area contributed by atoms with Crippen molar-refractivity contribution in [3.63, 3.8) is 0 Å². The molecular formula is C31H36N8O2S2. The Hall–Kier alpha value is -3.74. The first kappa shape index (κ1) is 29.3. The summed E-state index contributed by atoms with van der Waals surface area (Å²) in [4.78, 5) is 25.4. The first-order valence-electron chi connectivity index (χ1n) is 14.9. The predicted molar refractivity (Wildman–Crippen MR) is 171 cm³/mol. The maximum absolute atomic E-state index is 12.9. The van der Waals surface area contributed by atoms with E-state index in [2.05, 4.69) is 48.5 Å². The lowest BCUT2D eigenvalue weighted by atomic mass is 9.82. The van der Waals surface area contributed by atoms with Gasteiger partial charge in [0.15, 0.2) is 0 Å². The first-order chi connectivity index (χ1) is 21.0.